The first-order valence-electron chi connectivity index (χ1n) is 4.73. The van der Waals surface area contributed by atoms with Crippen molar-refractivity contribution in [2.24, 2.45) is 5.73 Å². The minimum atomic E-state index is -4.80. The van der Waals surface area contributed by atoms with Crippen LogP contribution >= 0.6 is 0 Å². The van der Waals surface area contributed by atoms with Crippen LogP contribution in [0.4, 0.5) is 26.3 Å². The first-order chi connectivity index (χ1) is 8.13. The predicted octanol–water partition coefficient (Wildman–Crippen LogP) is 3.11. The van der Waals surface area contributed by atoms with E-state index in [9.17, 15) is 26.3 Å². The zero-order valence-corrected chi connectivity index (χ0v) is 8.90. The summed E-state index contributed by atoms with van der Waals surface area (Å²) >= 11 is 0. The van der Waals surface area contributed by atoms with E-state index in [-0.39, 0.29) is 12.1 Å². The zero-order chi connectivity index (χ0) is 14.0. The molecule has 1 rings (SSSR count). The number of rotatable bonds is 3. The Bertz CT molecular complexity index is 412. The van der Waals surface area contributed by atoms with Gasteiger partial charge in [-0.25, -0.2) is 0 Å². The van der Waals surface area contributed by atoms with Gasteiger partial charge in [0.25, 0.3) is 0 Å². The highest BCUT2D eigenvalue weighted by Gasteiger charge is 2.36. The molecule has 0 aromatic heterocycles. The third kappa shape index (κ3) is 4.10. The molecule has 0 unspecified atom stereocenters. The summed E-state index contributed by atoms with van der Waals surface area (Å²) in [6, 6.07) is 2.68. The summed E-state index contributed by atoms with van der Waals surface area (Å²) in [6.07, 6.45) is -9.50. The summed E-state index contributed by atoms with van der Waals surface area (Å²) in [6.45, 7) is -1.93. The first kappa shape index (κ1) is 14.6. The molecule has 0 aliphatic heterocycles. The fourth-order valence-electron chi connectivity index (χ4n) is 1.21. The van der Waals surface area contributed by atoms with E-state index in [0.29, 0.717) is 6.07 Å². The largest absolute Gasteiger partial charge is 0.483 e. The van der Waals surface area contributed by atoms with Crippen LogP contribution in [0, 0.1) is 0 Å². The SMILES string of the molecule is NCc1ccc(OCC(F)(F)F)c(C(F)(F)F)c1. The van der Waals surface area contributed by atoms with Gasteiger partial charge in [0, 0.05) is 6.54 Å². The van der Waals surface area contributed by atoms with Crippen molar-refractivity contribution in [3.63, 3.8) is 0 Å². The molecular formula is C10H9F6NO. The summed E-state index contributed by atoms with van der Waals surface area (Å²) < 4.78 is 77.6. The van der Waals surface area contributed by atoms with Gasteiger partial charge in [-0.3, -0.25) is 0 Å². The molecule has 0 aliphatic carbocycles. The Morgan fingerprint density at radius 3 is 2.11 bits per heavy atom. The molecule has 2 nitrogen and oxygen atoms in total. The van der Waals surface area contributed by atoms with Crippen LogP contribution in [0.25, 0.3) is 0 Å². The van der Waals surface area contributed by atoms with Crippen molar-refractivity contribution in [3.8, 4) is 5.75 Å². The average Bonchev–Trinajstić information content (AvgIpc) is 2.24. The third-order valence-electron chi connectivity index (χ3n) is 1.98. The highest BCUT2D eigenvalue weighted by molar-refractivity contribution is 5.39. The van der Waals surface area contributed by atoms with Crippen molar-refractivity contribution in [3.05, 3.63) is 29.3 Å². The van der Waals surface area contributed by atoms with Gasteiger partial charge in [-0.15, -0.1) is 0 Å². The molecule has 1 aromatic carbocycles. The minimum Gasteiger partial charge on any atom is -0.483 e. The second-order valence-electron chi connectivity index (χ2n) is 3.44. The van der Waals surface area contributed by atoms with E-state index >= 15 is 0 Å². The van der Waals surface area contributed by atoms with E-state index in [1.165, 1.54) is 6.07 Å². The molecule has 0 aliphatic rings. The Morgan fingerprint density at radius 1 is 1.06 bits per heavy atom. The van der Waals surface area contributed by atoms with Gasteiger partial charge < -0.3 is 10.5 Å². The molecule has 1 aromatic rings. The lowest BCUT2D eigenvalue weighted by atomic mass is 10.1. The highest BCUT2D eigenvalue weighted by Crippen LogP contribution is 2.37. The Morgan fingerprint density at radius 2 is 1.67 bits per heavy atom. The van der Waals surface area contributed by atoms with E-state index in [0.717, 1.165) is 6.07 Å². The number of hydrogen-bond acceptors (Lipinski definition) is 2. The summed E-state index contributed by atoms with van der Waals surface area (Å²) in [5.41, 5.74) is 4.05. The lowest BCUT2D eigenvalue weighted by molar-refractivity contribution is -0.158. The van der Waals surface area contributed by atoms with Crippen LogP contribution < -0.4 is 10.5 Å². The molecule has 8 heteroatoms. The monoisotopic (exact) mass is 273 g/mol. The Balaban J connectivity index is 3.03. The van der Waals surface area contributed by atoms with Gasteiger partial charge >= 0.3 is 12.4 Å². The molecule has 0 heterocycles. The standard InChI is InChI=1S/C10H9F6NO/c11-9(12,13)5-18-8-2-1-6(4-17)3-7(8)10(14,15)16/h1-3H,4-5,17H2. The molecule has 0 fully saturated rings. The summed E-state index contributed by atoms with van der Waals surface area (Å²) in [5, 5.41) is 0. The summed E-state index contributed by atoms with van der Waals surface area (Å²) in [4.78, 5) is 0. The average molecular weight is 273 g/mol. The molecule has 0 saturated heterocycles. The molecule has 2 N–H and O–H groups in total. The van der Waals surface area contributed by atoms with Crippen LogP contribution in [-0.2, 0) is 12.7 Å². The second-order valence-corrected chi connectivity index (χ2v) is 3.44. The highest BCUT2D eigenvalue weighted by atomic mass is 19.4. The lowest BCUT2D eigenvalue weighted by Crippen LogP contribution is -2.21. The first-order valence-corrected chi connectivity index (χ1v) is 4.73. The molecule has 18 heavy (non-hydrogen) atoms. The van der Waals surface area contributed by atoms with Gasteiger partial charge in [-0.1, -0.05) is 6.07 Å². The van der Waals surface area contributed by atoms with Crippen molar-refractivity contribution in [2.75, 3.05) is 6.61 Å². The quantitative estimate of drug-likeness (QED) is 0.859. The maximum absolute atomic E-state index is 12.6. The van der Waals surface area contributed by atoms with E-state index in [1.807, 2.05) is 0 Å². The molecule has 0 bridgehead atoms. The number of alkyl halides is 6. The van der Waals surface area contributed by atoms with Crippen LogP contribution in [0.5, 0.6) is 5.75 Å². The third-order valence-corrected chi connectivity index (χ3v) is 1.98. The van der Waals surface area contributed by atoms with Crippen LogP contribution in [0.3, 0.4) is 0 Å². The van der Waals surface area contributed by atoms with Crippen molar-refractivity contribution >= 4 is 0 Å². The van der Waals surface area contributed by atoms with Gasteiger partial charge in [-0.05, 0) is 17.7 Å². The Kier molecular flexibility index (Phi) is 4.10. The maximum atomic E-state index is 12.6. The molecular weight excluding hydrogens is 264 g/mol. The number of hydrogen-bond donors (Lipinski definition) is 1. The van der Waals surface area contributed by atoms with Gasteiger partial charge in [0.2, 0.25) is 0 Å². The Labute approximate surface area is 98.3 Å². The number of benzene rings is 1. The smallest absolute Gasteiger partial charge is 0.422 e. The summed E-state index contributed by atoms with van der Waals surface area (Å²) in [5.74, 6) is -0.864. The zero-order valence-electron chi connectivity index (χ0n) is 8.90. The second kappa shape index (κ2) is 5.05. The van der Waals surface area contributed by atoms with E-state index in [1.54, 1.807) is 0 Å². The van der Waals surface area contributed by atoms with Crippen molar-refractivity contribution in [1.29, 1.82) is 0 Å². The molecule has 0 atom stereocenters. The van der Waals surface area contributed by atoms with Gasteiger partial charge in [0.1, 0.15) is 5.75 Å². The van der Waals surface area contributed by atoms with Crippen LogP contribution in [0.2, 0.25) is 0 Å². The van der Waals surface area contributed by atoms with Crippen LogP contribution in [0.1, 0.15) is 11.1 Å². The molecule has 102 valence electrons. The van der Waals surface area contributed by atoms with Crippen molar-refractivity contribution in [1.82, 2.24) is 0 Å². The molecule has 0 amide bonds. The molecule has 0 radical (unpaired) electrons. The van der Waals surface area contributed by atoms with E-state index in [4.69, 9.17) is 5.73 Å². The van der Waals surface area contributed by atoms with Crippen LogP contribution in [-0.4, -0.2) is 12.8 Å². The van der Waals surface area contributed by atoms with E-state index in [2.05, 4.69) is 4.74 Å². The topological polar surface area (TPSA) is 35.2 Å². The molecule has 0 saturated carbocycles. The Hall–Kier alpha value is -1.44. The lowest BCUT2D eigenvalue weighted by Gasteiger charge is -2.16. The van der Waals surface area contributed by atoms with Crippen molar-refractivity contribution in [2.45, 2.75) is 18.9 Å². The van der Waals surface area contributed by atoms with Crippen LogP contribution in [0.15, 0.2) is 18.2 Å². The predicted molar refractivity (Wildman–Crippen MR) is 50.9 cm³/mol. The summed E-state index contributed by atoms with van der Waals surface area (Å²) in [7, 11) is 0. The van der Waals surface area contributed by atoms with E-state index < -0.39 is 30.3 Å². The molecule has 0 spiro atoms. The van der Waals surface area contributed by atoms with Gasteiger partial charge in [0.05, 0.1) is 5.56 Å². The number of halogens is 6. The maximum Gasteiger partial charge on any atom is 0.422 e. The minimum absolute atomic E-state index is 0.150. The van der Waals surface area contributed by atoms with Gasteiger partial charge in [-0.2, -0.15) is 26.3 Å². The van der Waals surface area contributed by atoms with Crippen molar-refractivity contribution < 1.29 is 31.1 Å². The number of ether oxygens (including phenoxy) is 1. The normalized spacial score (nSPS) is 12.6. The fraction of sp³-hybridized carbons (Fsp3) is 0.400. The fourth-order valence-corrected chi connectivity index (χ4v) is 1.21. The van der Waals surface area contributed by atoms with Gasteiger partial charge in [0.15, 0.2) is 6.61 Å². The number of nitrogens with two attached hydrogens (primary N) is 1.